The molecule has 90 valence electrons. The quantitative estimate of drug-likeness (QED) is 0.713. The van der Waals surface area contributed by atoms with E-state index >= 15 is 0 Å². The first kappa shape index (κ1) is 11.6. The Bertz CT molecular complexity index is 324. The first-order chi connectivity index (χ1) is 7.86. The summed E-state index contributed by atoms with van der Waals surface area (Å²) in [6.07, 6.45) is 6.52. The Balaban J connectivity index is 1.83. The van der Waals surface area contributed by atoms with E-state index in [0.717, 1.165) is 25.6 Å². The van der Waals surface area contributed by atoms with Crippen molar-refractivity contribution in [2.45, 2.75) is 32.4 Å². The molecule has 0 saturated heterocycles. The minimum absolute atomic E-state index is 0.701. The third-order valence-corrected chi connectivity index (χ3v) is 3.30. The molecule has 2 rings (SSSR count). The fourth-order valence-electron chi connectivity index (χ4n) is 2.17. The van der Waals surface area contributed by atoms with Crippen LogP contribution in [0, 0.1) is 5.92 Å². The molecule has 1 aromatic heterocycles. The minimum atomic E-state index is 0.701. The van der Waals surface area contributed by atoms with Crippen LogP contribution in [0.4, 0.5) is 0 Å². The van der Waals surface area contributed by atoms with Gasteiger partial charge in [0.15, 0.2) is 0 Å². The fourth-order valence-corrected chi connectivity index (χ4v) is 2.17. The van der Waals surface area contributed by atoms with Gasteiger partial charge in [-0.05, 0) is 12.3 Å². The van der Waals surface area contributed by atoms with E-state index < -0.39 is 0 Å². The molecule has 2 unspecified atom stereocenters. The van der Waals surface area contributed by atoms with Gasteiger partial charge in [-0.3, -0.25) is 0 Å². The molecule has 1 saturated carbocycles. The number of hydrogen-bond donors (Lipinski definition) is 1. The zero-order valence-electron chi connectivity index (χ0n) is 10.1. The highest BCUT2D eigenvalue weighted by Crippen LogP contribution is 2.45. The predicted octanol–water partition coefficient (Wildman–Crippen LogP) is 1.59. The van der Waals surface area contributed by atoms with Gasteiger partial charge in [-0.25, -0.2) is 4.98 Å². The van der Waals surface area contributed by atoms with E-state index in [-0.39, 0.29) is 0 Å². The van der Waals surface area contributed by atoms with Crippen molar-refractivity contribution in [3.63, 3.8) is 0 Å². The monoisotopic (exact) mass is 223 g/mol. The first-order valence-electron chi connectivity index (χ1n) is 6.07. The fraction of sp³-hybridized carbons (Fsp3) is 0.750. The number of aromatic nitrogens is 2. The van der Waals surface area contributed by atoms with Crippen molar-refractivity contribution >= 4 is 0 Å². The summed E-state index contributed by atoms with van der Waals surface area (Å²) in [4.78, 5) is 4.24. The third kappa shape index (κ3) is 2.62. The van der Waals surface area contributed by atoms with Crippen LogP contribution in [-0.2, 0) is 11.3 Å². The predicted molar refractivity (Wildman–Crippen MR) is 63.2 cm³/mol. The lowest BCUT2D eigenvalue weighted by molar-refractivity contribution is 0.199. The highest BCUT2D eigenvalue weighted by molar-refractivity contribution is 5.05. The molecule has 2 atom stereocenters. The van der Waals surface area contributed by atoms with Gasteiger partial charge >= 0.3 is 0 Å². The van der Waals surface area contributed by atoms with E-state index in [2.05, 4.69) is 21.8 Å². The molecule has 0 radical (unpaired) electrons. The lowest BCUT2D eigenvalue weighted by Crippen LogP contribution is -2.20. The highest BCUT2D eigenvalue weighted by atomic mass is 16.5. The molecule has 4 nitrogen and oxygen atoms in total. The maximum atomic E-state index is 5.00. The molecule has 1 heterocycles. The molecule has 1 aromatic rings. The second kappa shape index (κ2) is 5.46. The summed E-state index contributed by atoms with van der Waals surface area (Å²) in [7, 11) is 1.72. The second-order valence-corrected chi connectivity index (χ2v) is 4.43. The van der Waals surface area contributed by atoms with Crippen molar-refractivity contribution in [3.05, 3.63) is 18.2 Å². The van der Waals surface area contributed by atoms with E-state index in [1.54, 1.807) is 7.11 Å². The van der Waals surface area contributed by atoms with Gasteiger partial charge in [0.1, 0.15) is 0 Å². The Hall–Kier alpha value is -0.870. The lowest BCUT2D eigenvalue weighted by atomic mass is 10.3. The number of nitrogens with one attached hydrogen (secondary N) is 1. The molecule has 1 aliphatic carbocycles. The zero-order valence-corrected chi connectivity index (χ0v) is 10.1. The zero-order chi connectivity index (χ0) is 11.4. The van der Waals surface area contributed by atoms with Crippen LogP contribution in [0.25, 0.3) is 0 Å². The van der Waals surface area contributed by atoms with E-state index in [0.29, 0.717) is 6.04 Å². The van der Waals surface area contributed by atoms with Crippen LogP contribution in [0.5, 0.6) is 0 Å². The molecule has 0 aliphatic heterocycles. The standard InChI is InChI=1S/C12H21N3O/c1-3-10-6-12(10)15-9-14-8-11(15)7-13-4-5-16-2/h8-10,12-13H,3-7H2,1-2H3. The lowest BCUT2D eigenvalue weighted by Gasteiger charge is -2.08. The summed E-state index contributed by atoms with van der Waals surface area (Å²) in [6.45, 7) is 4.80. The molecule has 1 N–H and O–H groups in total. The normalized spacial score (nSPS) is 23.6. The maximum Gasteiger partial charge on any atom is 0.0951 e. The highest BCUT2D eigenvalue weighted by Gasteiger charge is 2.37. The van der Waals surface area contributed by atoms with E-state index in [1.165, 1.54) is 18.5 Å². The average Bonchev–Trinajstić information content (AvgIpc) is 2.95. The van der Waals surface area contributed by atoms with Crippen molar-refractivity contribution in [3.8, 4) is 0 Å². The first-order valence-corrected chi connectivity index (χ1v) is 6.07. The minimum Gasteiger partial charge on any atom is -0.383 e. The number of nitrogens with zero attached hydrogens (tertiary/aromatic N) is 2. The van der Waals surface area contributed by atoms with E-state index in [4.69, 9.17) is 4.74 Å². The Morgan fingerprint density at radius 3 is 3.19 bits per heavy atom. The van der Waals surface area contributed by atoms with Crippen molar-refractivity contribution in [2.75, 3.05) is 20.3 Å². The van der Waals surface area contributed by atoms with Gasteiger partial charge in [0, 0.05) is 32.4 Å². The molecular formula is C12H21N3O. The van der Waals surface area contributed by atoms with Gasteiger partial charge in [0.25, 0.3) is 0 Å². The molecule has 4 heteroatoms. The van der Waals surface area contributed by atoms with Crippen molar-refractivity contribution in [1.29, 1.82) is 0 Å². The number of rotatable bonds is 7. The van der Waals surface area contributed by atoms with Crippen LogP contribution in [0.2, 0.25) is 0 Å². The van der Waals surface area contributed by atoms with Crippen molar-refractivity contribution in [2.24, 2.45) is 5.92 Å². The average molecular weight is 223 g/mol. The Kier molecular flexibility index (Phi) is 3.96. The summed E-state index contributed by atoms with van der Waals surface area (Å²) < 4.78 is 7.33. The molecule has 1 fully saturated rings. The number of imidazole rings is 1. The van der Waals surface area contributed by atoms with Crippen LogP contribution in [-0.4, -0.2) is 29.8 Å². The van der Waals surface area contributed by atoms with Crippen LogP contribution in [0.1, 0.15) is 31.5 Å². The Morgan fingerprint density at radius 2 is 2.50 bits per heavy atom. The smallest absolute Gasteiger partial charge is 0.0951 e. The Morgan fingerprint density at radius 1 is 1.62 bits per heavy atom. The van der Waals surface area contributed by atoms with Crippen LogP contribution < -0.4 is 5.32 Å². The Labute approximate surface area is 97.0 Å². The molecule has 1 aliphatic rings. The van der Waals surface area contributed by atoms with Gasteiger partial charge in [-0.15, -0.1) is 0 Å². The van der Waals surface area contributed by atoms with Crippen LogP contribution in [0.3, 0.4) is 0 Å². The third-order valence-electron chi connectivity index (χ3n) is 3.30. The number of methoxy groups -OCH3 is 1. The molecule has 0 bridgehead atoms. The largest absolute Gasteiger partial charge is 0.383 e. The number of hydrogen-bond acceptors (Lipinski definition) is 3. The molecule has 0 spiro atoms. The molecule has 16 heavy (non-hydrogen) atoms. The van der Waals surface area contributed by atoms with Crippen LogP contribution in [0.15, 0.2) is 12.5 Å². The van der Waals surface area contributed by atoms with Gasteiger partial charge in [0.05, 0.1) is 18.6 Å². The van der Waals surface area contributed by atoms with Crippen LogP contribution >= 0.6 is 0 Å². The van der Waals surface area contributed by atoms with Gasteiger partial charge in [0.2, 0.25) is 0 Å². The SMILES string of the molecule is CCC1CC1n1cncc1CNCCOC. The van der Waals surface area contributed by atoms with Crippen molar-refractivity contribution < 1.29 is 4.74 Å². The van der Waals surface area contributed by atoms with E-state index in [1.807, 2.05) is 12.5 Å². The molecule has 0 aromatic carbocycles. The summed E-state index contributed by atoms with van der Waals surface area (Å²) in [6, 6.07) is 0.701. The summed E-state index contributed by atoms with van der Waals surface area (Å²) in [5, 5.41) is 3.36. The molecule has 0 amide bonds. The topological polar surface area (TPSA) is 39.1 Å². The van der Waals surface area contributed by atoms with Gasteiger partial charge in [-0.1, -0.05) is 13.3 Å². The summed E-state index contributed by atoms with van der Waals surface area (Å²) >= 11 is 0. The second-order valence-electron chi connectivity index (χ2n) is 4.43. The molecular weight excluding hydrogens is 202 g/mol. The number of ether oxygens (including phenoxy) is 1. The summed E-state index contributed by atoms with van der Waals surface area (Å²) in [5.74, 6) is 0.868. The maximum absolute atomic E-state index is 5.00. The van der Waals surface area contributed by atoms with Crippen molar-refractivity contribution in [1.82, 2.24) is 14.9 Å². The van der Waals surface area contributed by atoms with Gasteiger partial charge in [-0.2, -0.15) is 0 Å². The van der Waals surface area contributed by atoms with Gasteiger partial charge < -0.3 is 14.6 Å². The van der Waals surface area contributed by atoms with E-state index in [9.17, 15) is 0 Å². The summed E-state index contributed by atoms with van der Waals surface area (Å²) in [5.41, 5.74) is 1.29.